The van der Waals surface area contributed by atoms with Gasteiger partial charge in [-0.25, -0.2) is 4.79 Å². The van der Waals surface area contributed by atoms with Crippen LogP contribution in [0, 0.1) is 0 Å². The number of ether oxygens (including phenoxy) is 1. The van der Waals surface area contributed by atoms with Gasteiger partial charge in [0.2, 0.25) is 0 Å². The molecule has 0 saturated heterocycles. The summed E-state index contributed by atoms with van der Waals surface area (Å²) in [6, 6.07) is 25.0. The van der Waals surface area contributed by atoms with E-state index in [0.29, 0.717) is 18.7 Å². The normalized spacial score (nSPS) is 10.5. The van der Waals surface area contributed by atoms with Gasteiger partial charge in [-0.1, -0.05) is 54.6 Å². The Balaban J connectivity index is 1.44. The fourth-order valence-corrected chi connectivity index (χ4v) is 2.56. The van der Waals surface area contributed by atoms with Crippen molar-refractivity contribution in [3.8, 4) is 5.75 Å². The second kappa shape index (κ2) is 8.83. The van der Waals surface area contributed by atoms with Gasteiger partial charge in [0.15, 0.2) is 0 Å². The molecule has 4 heteroatoms. The van der Waals surface area contributed by atoms with Gasteiger partial charge in [-0.15, -0.1) is 0 Å². The van der Waals surface area contributed by atoms with Crippen molar-refractivity contribution in [2.24, 2.45) is 0 Å². The van der Waals surface area contributed by atoms with E-state index in [1.54, 1.807) is 12.1 Å². The first-order valence-electron chi connectivity index (χ1n) is 8.49. The van der Waals surface area contributed by atoms with Gasteiger partial charge >= 0.3 is 5.97 Å². The molecule has 3 aromatic carbocycles. The highest BCUT2D eigenvalue weighted by molar-refractivity contribution is 5.87. The molecule has 0 atom stereocenters. The van der Waals surface area contributed by atoms with E-state index in [-0.39, 0.29) is 0 Å². The minimum Gasteiger partial charge on any atom is -0.489 e. The summed E-state index contributed by atoms with van der Waals surface area (Å²) in [6.07, 6.45) is 0. The van der Waals surface area contributed by atoms with E-state index in [2.05, 4.69) is 5.32 Å². The summed E-state index contributed by atoms with van der Waals surface area (Å²) in [7, 11) is 0. The predicted octanol–water partition coefficient (Wildman–Crippen LogP) is 4.25. The van der Waals surface area contributed by atoms with Gasteiger partial charge in [0.1, 0.15) is 12.4 Å². The highest BCUT2D eigenvalue weighted by atomic mass is 16.5. The summed E-state index contributed by atoms with van der Waals surface area (Å²) in [5.41, 5.74) is 3.67. The van der Waals surface area contributed by atoms with E-state index in [0.717, 1.165) is 23.4 Å². The molecule has 132 valence electrons. The summed E-state index contributed by atoms with van der Waals surface area (Å²) in [5.74, 6) is -0.0547. The third-order valence-corrected chi connectivity index (χ3v) is 4.03. The van der Waals surface area contributed by atoms with Crippen LogP contribution >= 0.6 is 0 Å². The van der Waals surface area contributed by atoms with Gasteiger partial charge in [0, 0.05) is 13.1 Å². The van der Waals surface area contributed by atoms with Crippen molar-refractivity contribution in [1.29, 1.82) is 0 Å². The molecule has 26 heavy (non-hydrogen) atoms. The van der Waals surface area contributed by atoms with Crippen LogP contribution < -0.4 is 10.1 Å². The van der Waals surface area contributed by atoms with E-state index >= 15 is 0 Å². The van der Waals surface area contributed by atoms with Crippen LogP contribution in [0.1, 0.15) is 27.0 Å². The molecule has 0 unspecified atom stereocenters. The number of rotatable bonds is 8. The second-order valence-electron chi connectivity index (χ2n) is 6.02. The largest absolute Gasteiger partial charge is 0.489 e. The lowest BCUT2D eigenvalue weighted by atomic mass is 10.1. The smallest absolute Gasteiger partial charge is 0.335 e. The molecule has 0 aromatic heterocycles. The van der Waals surface area contributed by atoms with Crippen molar-refractivity contribution in [3.63, 3.8) is 0 Å². The van der Waals surface area contributed by atoms with Crippen molar-refractivity contribution in [2.75, 3.05) is 0 Å². The van der Waals surface area contributed by atoms with Gasteiger partial charge < -0.3 is 15.2 Å². The molecule has 0 amide bonds. The highest BCUT2D eigenvalue weighted by Gasteiger charge is 2.02. The lowest BCUT2D eigenvalue weighted by Gasteiger charge is -2.08. The maximum absolute atomic E-state index is 10.8. The standard InChI is InChI=1S/C22H21NO3/c24-22(25)20-10-6-17(7-11-20)14-23-15-18-8-12-21(13-9-18)26-16-19-4-2-1-3-5-19/h1-13,23H,14-16H2,(H,24,25). The topological polar surface area (TPSA) is 58.6 Å². The Kier molecular flexibility index (Phi) is 6.01. The fourth-order valence-electron chi connectivity index (χ4n) is 2.56. The van der Waals surface area contributed by atoms with E-state index in [1.165, 1.54) is 5.56 Å². The molecular formula is C22H21NO3. The fraction of sp³-hybridized carbons (Fsp3) is 0.136. The number of carboxylic acids is 1. The molecule has 2 N–H and O–H groups in total. The van der Waals surface area contributed by atoms with E-state index in [9.17, 15) is 4.79 Å². The third-order valence-electron chi connectivity index (χ3n) is 4.03. The predicted molar refractivity (Wildman–Crippen MR) is 101 cm³/mol. The number of carboxylic acid groups (broad SMARTS) is 1. The molecule has 4 nitrogen and oxygen atoms in total. The van der Waals surface area contributed by atoms with Crippen LogP contribution in [-0.4, -0.2) is 11.1 Å². The Morgan fingerprint density at radius 3 is 1.92 bits per heavy atom. The average Bonchev–Trinajstić information content (AvgIpc) is 2.68. The van der Waals surface area contributed by atoms with Crippen LogP contribution in [0.3, 0.4) is 0 Å². The molecule has 0 aliphatic rings. The minimum atomic E-state index is -0.904. The molecule has 0 heterocycles. The summed E-state index contributed by atoms with van der Waals surface area (Å²) >= 11 is 0. The third kappa shape index (κ3) is 5.19. The number of benzene rings is 3. The highest BCUT2D eigenvalue weighted by Crippen LogP contribution is 2.14. The maximum Gasteiger partial charge on any atom is 0.335 e. The number of nitrogens with one attached hydrogen (secondary N) is 1. The average molecular weight is 347 g/mol. The minimum absolute atomic E-state index is 0.305. The second-order valence-corrected chi connectivity index (χ2v) is 6.02. The van der Waals surface area contributed by atoms with Gasteiger partial charge in [-0.2, -0.15) is 0 Å². The zero-order valence-electron chi connectivity index (χ0n) is 14.4. The number of aromatic carboxylic acids is 1. The van der Waals surface area contributed by atoms with Crippen LogP contribution in [0.4, 0.5) is 0 Å². The summed E-state index contributed by atoms with van der Waals surface area (Å²) in [4.78, 5) is 10.8. The SMILES string of the molecule is O=C(O)c1ccc(CNCc2ccc(OCc3ccccc3)cc2)cc1. The Morgan fingerprint density at radius 2 is 1.35 bits per heavy atom. The number of hydrogen-bond donors (Lipinski definition) is 2. The van der Waals surface area contributed by atoms with Gasteiger partial charge in [-0.3, -0.25) is 0 Å². The van der Waals surface area contributed by atoms with Crippen molar-refractivity contribution >= 4 is 5.97 Å². The molecule has 0 bridgehead atoms. The Morgan fingerprint density at radius 1 is 0.769 bits per heavy atom. The molecule has 0 aliphatic heterocycles. The quantitative estimate of drug-likeness (QED) is 0.639. The molecule has 0 radical (unpaired) electrons. The molecular weight excluding hydrogens is 326 g/mol. The molecule has 3 aromatic rings. The zero-order valence-corrected chi connectivity index (χ0v) is 14.4. The lowest BCUT2D eigenvalue weighted by molar-refractivity contribution is 0.0697. The summed E-state index contributed by atoms with van der Waals surface area (Å²) in [6.45, 7) is 1.98. The zero-order chi connectivity index (χ0) is 18.2. The first-order chi connectivity index (χ1) is 12.7. The molecule has 0 saturated carbocycles. The van der Waals surface area contributed by atoms with Crippen LogP contribution in [0.15, 0.2) is 78.9 Å². The van der Waals surface area contributed by atoms with E-state index < -0.39 is 5.97 Å². The first kappa shape index (κ1) is 17.7. The first-order valence-corrected chi connectivity index (χ1v) is 8.49. The monoisotopic (exact) mass is 347 g/mol. The molecule has 0 spiro atoms. The Bertz CT molecular complexity index is 828. The Hall–Kier alpha value is -3.11. The van der Waals surface area contributed by atoms with Crippen molar-refractivity contribution in [3.05, 3.63) is 101 Å². The van der Waals surface area contributed by atoms with Crippen LogP contribution in [0.5, 0.6) is 5.75 Å². The maximum atomic E-state index is 10.8. The van der Waals surface area contributed by atoms with E-state index in [4.69, 9.17) is 9.84 Å². The van der Waals surface area contributed by atoms with Crippen LogP contribution in [0.25, 0.3) is 0 Å². The number of carbonyl (C=O) groups is 1. The van der Waals surface area contributed by atoms with Crippen LogP contribution in [-0.2, 0) is 19.7 Å². The van der Waals surface area contributed by atoms with E-state index in [1.807, 2.05) is 66.7 Å². The van der Waals surface area contributed by atoms with Gasteiger partial charge in [-0.05, 0) is 41.0 Å². The Labute approximate surface area is 153 Å². The number of hydrogen-bond acceptors (Lipinski definition) is 3. The summed E-state index contributed by atoms with van der Waals surface area (Å²) < 4.78 is 5.78. The van der Waals surface area contributed by atoms with Gasteiger partial charge in [0.05, 0.1) is 5.56 Å². The molecule has 0 fully saturated rings. The van der Waals surface area contributed by atoms with Crippen molar-refractivity contribution in [2.45, 2.75) is 19.7 Å². The van der Waals surface area contributed by atoms with Crippen LogP contribution in [0.2, 0.25) is 0 Å². The molecule has 3 rings (SSSR count). The molecule has 0 aliphatic carbocycles. The van der Waals surface area contributed by atoms with Crippen molar-refractivity contribution < 1.29 is 14.6 Å². The summed E-state index contributed by atoms with van der Waals surface area (Å²) in [5, 5.41) is 12.3. The van der Waals surface area contributed by atoms with Crippen molar-refractivity contribution in [1.82, 2.24) is 5.32 Å². The lowest BCUT2D eigenvalue weighted by Crippen LogP contribution is -2.12. The van der Waals surface area contributed by atoms with Gasteiger partial charge in [0.25, 0.3) is 0 Å².